The molecular weight excluding hydrogens is 1950 g/mol. The van der Waals surface area contributed by atoms with Crippen molar-refractivity contribution in [3.8, 4) is 0 Å². The molecule has 832 valence electrons. The molecule has 0 spiro atoms. The summed E-state index contributed by atoms with van der Waals surface area (Å²) in [6, 6.07) is 17.0. The van der Waals surface area contributed by atoms with Crippen LogP contribution in [0.2, 0.25) is 0 Å². The van der Waals surface area contributed by atoms with E-state index in [1.165, 1.54) is 88.4 Å². The molecule has 0 aromatic heterocycles. The van der Waals surface area contributed by atoms with Crippen LogP contribution in [0.1, 0.15) is 235 Å². The second-order valence-electron chi connectivity index (χ2n) is 42.0. The minimum Gasteiger partial charge on any atom is -0.480 e. The van der Waals surface area contributed by atoms with Crippen LogP contribution in [0, 0.1) is 47.3 Å². The van der Waals surface area contributed by atoms with Gasteiger partial charge in [-0.3, -0.25) is 81.8 Å². The number of benzene rings is 3. The van der Waals surface area contributed by atoms with E-state index in [0.29, 0.717) is 109 Å². The molecule has 36 nitrogen and oxygen atoms in total. The number of carboxylic acids is 2. The lowest BCUT2D eigenvalue weighted by Crippen LogP contribution is -2.60. The lowest BCUT2D eigenvalue weighted by atomic mass is 9.89. The van der Waals surface area contributed by atoms with Crippen LogP contribution in [0.3, 0.4) is 0 Å². The van der Waals surface area contributed by atoms with Crippen molar-refractivity contribution in [2.24, 2.45) is 47.3 Å². The fraction of sp³-hybridized carbons (Fsp3) is 0.685. The van der Waals surface area contributed by atoms with E-state index in [9.17, 15) is 91.7 Å². The highest BCUT2D eigenvalue weighted by atomic mass is 32.2. The molecule has 2 unspecified atom stereocenters. The van der Waals surface area contributed by atoms with E-state index >= 15 is 0 Å². The summed E-state index contributed by atoms with van der Waals surface area (Å²) in [4.78, 5) is 244. The molecule has 7 rings (SSSR count). The third-order valence-corrected chi connectivity index (χ3v) is 32.1. The Labute approximate surface area is 891 Å². The van der Waals surface area contributed by atoms with Gasteiger partial charge in [-0.25, -0.2) is 14.4 Å². The summed E-state index contributed by atoms with van der Waals surface area (Å²) in [6.45, 7) is 27.5. The van der Waals surface area contributed by atoms with Crippen LogP contribution >= 0.6 is 23.5 Å². The molecule has 0 saturated carbocycles. The molecular formula is C111H172N12O24S2. The fourth-order valence-corrected chi connectivity index (χ4v) is 22.7. The fourth-order valence-electron chi connectivity index (χ4n) is 21.4. The maximum atomic E-state index is 14.9. The highest BCUT2D eigenvalue weighted by Crippen LogP contribution is 2.36. The van der Waals surface area contributed by atoms with Gasteiger partial charge in [-0.1, -0.05) is 208 Å². The standard InChI is InChI=1S/C60H90N6O13S.C51H82N6O11S/c1-14-39(6)53(47(77-11)34-49(68)65-31-21-25-46(65)54(78-12)40(7)55(70)61-45(59(74)75)33-41-22-17-15-18-23-41)63(9)57(72)51(37(2)3)62(8)58(73)52(38(4)5)64(10)60(76)79-36-43-28-26-42(27-29-43)32-44(67)24-19-16-20-30-66-50(69)35-48(80-13)56(66)71;1-14-33(6)45(38(67-11)29-41(59)56-27-21-24-37(56)46(68-12)34(7)47(61)52-36(51(65)66)28-35-22-17-15-18-23-35)55(10)50(64)44(32(4)5)54(9)49(63)43(31(2)3)53(8)40(58)25-19-16-20-26-57-42(60)30-39(69-13)48(57)62/h15,17-18,22-23,26-29,37-40,45-48,51-54H,14,16,19-21,24-25,30-36H2,1-13H3,(H,61,70)(H,74,75);15,17-18,22-23,31-34,36-39,43-46H,14,16,19-21,24-30H2,1-13H3,(H,52,61)(H,65,66)/t39-,40+,45-,46-,47+,48?,51-,52-,53-,54+;33-,34+,36-,37-,38+,39?,43-,44-,45-,46+/m00/s1. The number of aliphatic carboxylic acids is 2. The molecule has 149 heavy (non-hydrogen) atoms. The number of carbonyl (C=O) groups excluding carboxylic acids is 15. The molecule has 20 atom stereocenters. The van der Waals surface area contributed by atoms with E-state index in [2.05, 4.69) is 10.6 Å². The van der Waals surface area contributed by atoms with Gasteiger partial charge in [-0.2, -0.15) is 23.5 Å². The van der Waals surface area contributed by atoms with Gasteiger partial charge in [-0.15, -0.1) is 0 Å². The van der Waals surface area contributed by atoms with Gasteiger partial charge in [0.25, 0.3) is 0 Å². The van der Waals surface area contributed by atoms with E-state index in [1.54, 1.807) is 129 Å². The molecule has 4 heterocycles. The SMILES string of the molecule is CC[C@H](C)[C@@H]([C@@H](CC(=O)N1CCC[C@H]1[C@H](OC)[C@@H](C)C(=O)N[C@@H](Cc1ccccc1)C(=O)O)OC)N(C)C(=O)[C@H](C(C)C)N(C)C(=O)[C@H](C(C)C)N(C)C(=O)CCCCCN1C(=O)CC(SC)C1=O.CC[C@H](C)[C@@H]([C@@H](CC(=O)N1CCC[C@H]1[C@H](OC)[C@@H](C)C(=O)N[C@@H](Cc1ccccc1)C(=O)O)OC)N(C)C(=O)[C@H](C(C)C)N(C)C(=O)[C@H](C(C)C)N(C)C(=O)OCc1ccc(CC(=O)CCCCCN2C(=O)CC(SC)C2=O)cc1. The number of likely N-dealkylation sites (N-methyl/N-ethyl adjacent to an activating group) is 6. The third-order valence-electron chi connectivity index (χ3n) is 30.3. The summed E-state index contributed by atoms with van der Waals surface area (Å²) >= 11 is 2.76. The molecule has 3 aromatic rings. The number of imide groups is 2. The molecule has 3 aromatic carbocycles. The van der Waals surface area contributed by atoms with Gasteiger partial charge in [0.15, 0.2) is 0 Å². The molecule has 0 aliphatic carbocycles. The van der Waals surface area contributed by atoms with Gasteiger partial charge in [0.05, 0.1) is 83.8 Å². The number of methoxy groups -OCH3 is 4. The number of rotatable bonds is 60. The summed E-state index contributed by atoms with van der Waals surface area (Å²) in [5.41, 5.74) is 3.02. The van der Waals surface area contributed by atoms with Gasteiger partial charge in [-0.05, 0) is 122 Å². The van der Waals surface area contributed by atoms with Gasteiger partial charge in [0.1, 0.15) is 48.6 Å². The van der Waals surface area contributed by atoms with Crippen molar-refractivity contribution in [1.82, 2.24) is 59.6 Å². The minimum atomic E-state index is -1.17. The topological polar surface area (TPSA) is 433 Å². The number of nitrogens with one attached hydrogen (secondary N) is 2. The largest absolute Gasteiger partial charge is 0.480 e. The van der Waals surface area contributed by atoms with Crippen LogP contribution in [0.5, 0.6) is 0 Å². The summed E-state index contributed by atoms with van der Waals surface area (Å²) < 4.78 is 29.7. The van der Waals surface area contributed by atoms with E-state index in [-0.39, 0.29) is 169 Å². The molecule has 0 bridgehead atoms. The van der Waals surface area contributed by atoms with Gasteiger partial charge in [0.2, 0.25) is 76.8 Å². The van der Waals surface area contributed by atoms with Crippen molar-refractivity contribution < 1.29 is 115 Å². The predicted octanol–water partition coefficient (Wildman–Crippen LogP) is 11.4. The maximum absolute atomic E-state index is 14.9. The highest BCUT2D eigenvalue weighted by molar-refractivity contribution is 8.00. The average molecular weight is 2120 g/mol. The van der Waals surface area contributed by atoms with Gasteiger partial charge in [0, 0.05) is 142 Å². The zero-order chi connectivity index (χ0) is 111. The van der Waals surface area contributed by atoms with Crippen LogP contribution in [0.15, 0.2) is 84.9 Å². The average Bonchev–Trinajstić information content (AvgIpc) is 1.27. The lowest BCUT2D eigenvalue weighted by Gasteiger charge is -2.43. The zero-order valence-corrected chi connectivity index (χ0v) is 94.6. The molecule has 0 radical (unpaired) electrons. The monoisotopic (exact) mass is 2120 g/mol. The van der Waals surface area contributed by atoms with Gasteiger partial charge >= 0.3 is 18.0 Å². The number of carbonyl (C=O) groups is 17. The Morgan fingerprint density at radius 1 is 0.430 bits per heavy atom. The first-order chi connectivity index (χ1) is 70.5. The van der Waals surface area contributed by atoms with E-state index in [1.807, 2.05) is 120 Å². The summed E-state index contributed by atoms with van der Waals surface area (Å²) in [6.07, 6.45) is 8.65. The predicted molar refractivity (Wildman–Crippen MR) is 572 cm³/mol. The number of ketones is 1. The first kappa shape index (κ1) is 127. The molecule has 38 heteroatoms. The van der Waals surface area contributed by atoms with Crippen molar-refractivity contribution in [2.75, 3.05) is 109 Å². The Morgan fingerprint density at radius 3 is 1.11 bits per heavy atom. The second-order valence-corrected chi connectivity index (χ2v) is 44.0. The zero-order valence-electron chi connectivity index (χ0n) is 93.0. The number of hydrogen-bond donors (Lipinski definition) is 4. The summed E-state index contributed by atoms with van der Waals surface area (Å²) in [5, 5.41) is 24.7. The third kappa shape index (κ3) is 35.1. The van der Waals surface area contributed by atoms with Crippen molar-refractivity contribution in [2.45, 2.75) is 334 Å². The number of hydrogen-bond acceptors (Lipinski definition) is 24. The number of amides is 14. The van der Waals surface area contributed by atoms with Crippen LogP contribution in [0.25, 0.3) is 0 Å². The van der Waals surface area contributed by atoms with Crippen molar-refractivity contribution in [3.63, 3.8) is 0 Å². The Balaban J connectivity index is 0.000000460. The quantitative estimate of drug-likeness (QED) is 0.0301. The molecule has 4 aliphatic heterocycles. The van der Waals surface area contributed by atoms with Crippen molar-refractivity contribution >= 4 is 124 Å². The normalized spacial score (nSPS) is 19.0. The van der Waals surface area contributed by atoms with Crippen LogP contribution in [-0.4, -0.2) is 365 Å². The van der Waals surface area contributed by atoms with Gasteiger partial charge < -0.3 is 78.8 Å². The van der Waals surface area contributed by atoms with Crippen molar-refractivity contribution in [3.05, 3.63) is 107 Å². The molecule has 4 N–H and O–H groups in total. The Hall–Kier alpha value is -10.4. The smallest absolute Gasteiger partial charge is 0.410 e. The Bertz CT molecular complexity index is 4900. The van der Waals surface area contributed by atoms with E-state index in [4.69, 9.17) is 23.7 Å². The number of carboxylic acid groups (broad SMARTS) is 2. The number of nitrogens with zero attached hydrogens (tertiary/aromatic N) is 10. The van der Waals surface area contributed by atoms with Crippen molar-refractivity contribution in [1.29, 1.82) is 0 Å². The first-order valence-corrected chi connectivity index (χ1v) is 55.5. The van der Waals surface area contributed by atoms with E-state index in [0.717, 1.165) is 23.1 Å². The number of unbranched alkanes of at least 4 members (excludes halogenated alkanes) is 4. The van der Waals surface area contributed by atoms with E-state index < -0.39 is 132 Å². The maximum Gasteiger partial charge on any atom is 0.410 e. The highest BCUT2D eigenvalue weighted by Gasteiger charge is 2.50. The second kappa shape index (κ2) is 61.9. The molecule has 4 aliphatic rings. The number of Topliss-reactive ketones (excluding diaryl/α,β-unsaturated/α-hetero) is 1. The summed E-state index contributed by atoms with van der Waals surface area (Å²) in [7, 11) is 15.6. The number of ether oxygens (including phenoxy) is 5. The summed E-state index contributed by atoms with van der Waals surface area (Å²) in [5.74, 6) is -9.37. The first-order valence-electron chi connectivity index (χ1n) is 52.9. The van der Waals surface area contributed by atoms with Crippen LogP contribution < -0.4 is 10.6 Å². The number of thioether (sulfide) groups is 2. The molecule has 4 fully saturated rings. The van der Waals surface area contributed by atoms with Crippen LogP contribution in [0.4, 0.5) is 4.79 Å². The molecule has 14 amide bonds. The lowest BCUT2D eigenvalue weighted by molar-refractivity contribution is -0.156. The Kier molecular flexibility index (Phi) is 52.9. The Morgan fingerprint density at radius 2 is 0.779 bits per heavy atom. The number of likely N-dealkylation sites (tertiary alicyclic amines) is 4. The minimum absolute atomic E-state index is 0.0709. The van der Waals surface area contributed by atoms with Crippen LogP contribution in [-0.2, 0) is 126 Å². The molecule has 4 saturated heterocycles.